The third-order valence-electron chi connectivity index (χ3n) is 7.60. The monoisotopic (exact) mass is 731 g/mol. The molecular formula is C38H41N3O10S. The van der Waals surface area contributed by atoms with Gasteiger partial charge in [0, 0.05) is 12.6 Å². The van der Waals surface area contributed by atoms with Gasteiger partial charge in [0.2, 0.25) is 0 Å². The number of carbonyl (C=O) groups is 3. The van der Waals surface area contributed by atoms with Crippen LogP contribution in [0.5, 0.6) is 0 Å². The molecule has 0 saturated heterocycles. The fourth-order valence-electron chi connectivity index (χ4n) is 5.15. The second kappa shape index (κ2) is 18.1. The Kier molecular flexibility index (Phi) is 13.6. The lowest BCUT2D eigenvalue weighted by atomic mass is 10.1. The summed E-state index contributed by atoms with van der Waals surface area (Å²) in [5.41, 5.74) is 0.224. The summed E-state index contributed by atoms with van der Waals surface area (Å²) in [5, 5.41) is 14.5. The minimum Gasteiger partial charge on any atom is -0.460 e. The van der Waals surface area contributed by atoms with Crippen LogP contribution < -0.4 is 5.32 Å². The molecule has 0 aliphatic carbocycles. The van der Waals surface area contributed by atoms with Gasteiger partial charge in [0.05, 0.1) is 4.92 Å². The minimum absolute atomic E-state index is 0.146. The molecule has 0 unspecified atom stereocenters. The lowest BCUT2D eigenvalue weighted by Crippen LogP contribution is -2.51. The van der Waals surface area contributed by atoms with Crippen molar-refractivity contribution in [2.24, 2.45) is 0 Å². The van der Waals surface area contributed by atoms with E-state index < -0.39 is 74.2 Å². The SMILES string of the molecule is CC(C)(C)OC(=O)N[C@@H](CCN([C@@H](Cc1ccccc1)C(=O)OCc1ccccc1)S(=O)(=O)c1ccccc1[N+](=O)[O-])C(=O)OCc1ccccc1. The number of nitro benzene ring substituents is 1. The molecule has 4 aromatic carbocycles. The van der Waals surface area contributed by atoms with Gasteiger partial charge in [-0.25, -0.2) is 18.0 Å². The summed E-state index contributed by atoms with van der Waals surface area (Å²) >= 11 is 0. The van der Waals surface area contributed by atoms with E-state index in [1.807, 2.05) is 0 Å². The van der Waals surface area contributed by atoms with E-state index in [1.165, 1.54) is 12.1 Å². The van der Waals surface area contributed by atoms with Gasteiger partial charge >= 0.3 is 18.0 Å². The van der Waals surface area contributed by atoms with Crippen LogP contribution >= 0.6 is 0 Å². The number of ether oxygens (including phenoxy) is 3. The molecule has 4 aromatic rings. The largest absolute Gasteiger partial charge is 0.460 e. The van der Waals surface area contributed by atoms with Crippen molar-refractivity contribution in [1.29, 1.82) is 0 Å². The van der Waals surface area contributed by atoms with Crippen LogP contribution in [0.2, 0.25) is 0 Å². The number of amides is 1. The summed E-state index contributed by atoms with van der Waals surface area (Å²) in [7, 11) is -4.86. The molecule has 2 atom stereocenters. The Balaban J connectivity index is 1.75. The van der Waals surface area contributed by atoms with E-state index in [1.54, 1.807) is 112 Å². The maximum atomic E-state index is 14.6. The van der Waals surface area contributed by atoms with Crippen LogP contribution in [0.4, 0.5) is 10.5 Å². The second-order valence-corrected chi connectivity index (χ2v) is 14.6. The first-order valence-electron chi connectivity index (χ1n) is 16.4. The third kappa shape index (κ3) is 11.5. The Morgan fingerprint density at radius 1 is 0.750 bits per heavy atom. The molecule has 1 N–H and O–H groups in total. The van der Waals surface area contributed by atoms with E-state index in [2.05, 4.69) is 5.32 Å². The number of alkyl carbamates (subject to hydrolysis) is 1. The Labute approximate surface area is 302 Å². The number of hydrogen-bond donors (Lipinski definition) is 1. The highest BCUT2D eigenvalue weighted by molar-refractivity contribution is 7.89. The molecule has 14 heteroatoms. The number of nitro groups is 1. The molecule has 0 aliphatic heterocycles. The maximum absolute atomic E-state index is 14.6. The fourth-order valence-corrected chi connectivity index (χ4v) is 6.90. The van der Waals surface area contributed by atoms with Gasteiger partial charge in [-0.3, -0.25) is 14.9 Å². The number of para-hydroxylation sites is 1. The number of rotatable bonds is 16. The van der Waals surface area contributed by atoms with Crippen molar-refractivity contribution < 1.29 is 41.9 Å². The molecule has 0 fully saturated rings. The van der Waals surface area contributed by atoms with Crippen LogP contribution in [0.3, 0.4) is 0 Å². The highest BCUT2D eigenvalue weighted by Crippen LogP contribution is 2.29. The van der Waals surface area contributed by atoms with E-state index in [-0.39, 0.29) is 19.6 Å². The lowest BCUT2D eigenvalue weighted by Gasteiger charge is -2.31. The number of benzene rings is 4. The predicted molar refractivity (Wildman–Crippen MR) is 191 cm³/mol. The van der Waals surface area contributed by atoms with Crippen molar-refractivity contribution in [3.63, 3.8) is 0 Å². The zero-order valence-electron chi connectivity index (χ0n) is 29.0. The molecule has 0 heterocycles. The van der Waals surface area contributed by atoms with E-state index in [9.17, 15) is 32.9 Å². The van der Waals surface area contributed by atoms with Crippen molar-refractivity contribution in [2.45, 2.75) is 69.4 Å². The first-order valence-corrected chi connectivity index (χ1v) is 17.9. The van der Waals surface area contributed by atoms with Crippen molar-refractivity contribution >= 4 is 33.7 Å². The molecule has 0 saturated carbocycles. The molecule has 0 radical (unpaired) electrons. The van der Waals surface area contributed by atoms with Gasteiger partial charge in [0.15, 0.2) is 4.90 Å². The lowest BCUT2D eigenvalue weighted by molar-refractivity contribution is -0.387. The van der Waals surface area contributed by atoms with Gasteiger partial charge in [-0.1, -0.05) is 103 Å². The Morgan fingerprint density at radius 2 is 1.23 bits per heavy atom. The number of sulfonamides is 1. The third-order valence-corrected chi connectivity index (χ3v) is 9.56. The number of esters is 2. The highest BCUT2D eigenvalue weighted by Gasteiger charge is 2.41. The van der Waals surface area contributed by atoms with Crippen molar-refractivity contribution in [3.05, 3.63) is 142 Å². The van der Waals surface area contributed by atoms with E-state index in [4.69, 9.17) is 14.2 Å². The van der Waals surface area contributed by atoms with Crippen LogP contribution in [0, 0.1) is 10.1 Å². The molecule has 0 aliphatic rings. The fraction of sp³-hybridized carbons (Fsp3) is 0.289. The second-order valence-electron chi connectivity index (χ2n) is 12.7. The van der Waals surface area contributed by atoms with Gasteiger partial charge in [0.1, 0.15) is 30.9 Å². The average molecular weight is 732 g/mol. The Morgan fingerprint density at radius 3 is 1.75 bits per heavy atom. The average Bonchev–Trinajstić information content (AvgIpc) is 3.12. The number of hydrogen-bond acceptors (Lipinski definition) is 10. The molecule has 0 bridgehead atoms. The van der Waals surface area contributed by atoms with Crippen molar-refractivity contribution in [3.8, 4) is 0 Å². The molecule has 52 heavy (non-hydrogen) atoms. The molecule has 13 nitrogen and oxygen atoms in total. The standard InChI is InChI=1S/C38H41N3O10S/c1-38(2,3)51-37(44)39-31(35(42)49-26-29-17-9-5-10-18-29)23-24-40(52(47,48)34-22-14-13-21-32(34)41(45)46)33(25-28-15-7-4-8-16-28)36(43)50-27-30-19-11-6-12-20-30/h4-22,31,33H,23-27H2,1-3H3,(H,39,44)/t31-,33-/m0/s1. The topological polar surface area (TPSA) is 171 Å². The van der Waals surface area contributed by atoms with Crippen LogP contribution in [0.25, 0.3) is 0 Å². The van der Waals surface area contributed by atoms with Gasteiger partial charge in [-0.2, -0.15) is 4.31 Å². The molecule has 4 rings (SSSR count). The van der Waals surface area contributed by atoms with Gasteiger partial charge in [-0.15, -0.1) is 0 Å². The summed E-state index contributed by atoms with van der Waals surface area (Å²) in [4.78, 5) is 50.9. The molecule has 1 amide bonds. The van der Waals surface area contributed by atoms with Gasteiger partial charge < -0.3 is 19.5 Å². The molecular weight excluding hydrogens is 690 g/mol. The van der Waals surface area contributed by atoms with Gasteiger partial charge in [-0.05, 0) is 56.4 Å². The molecule has 0 aromatic heterocycles. The zero-order chi connectivity index (χ0) is 37.7. The number of carbonyl (C=O) groups excluding carboxylic acids is 3. The minimum atomic E-state index is -4.86. The van der Waals surface area contributed by atoms with Crippen LogP contribution in [-0.4, -0.2) is 59.9 Å². The Bertz CT molecular complexity index is 1920. The van der Waals surface area contributed by atoms with Crippen LogP contribution in [-0.2, 0) is 53.5 Å². The highest BCUT2D eigenvalue weighted by atomic mass is 32.2. The van der Waals surface area contributed by atoms with E-state index in [0.717, 1.165) is 16.4 Å². The van der Waals surface area contributed by atoms with E-state index in [0.29, 0.717) is 16.7 Å². The van der Waals surface area contributed by atoms with Crippen LogP contribution in [0.15, 0.2) is 120 Å². The first kappa shape index (κ1) is 39.2. The van der Waals surface area contributed by atoms with Crippen LogP contribution in [0.1, 0.15) is 43.9 Å². The van der Waals surface area contributed by atoms with Crippen molar-refractivity contribution in [2.75, 3.05) is 6.54 Å². The summed E-state index contributed by atoms with van der Waals surface area (Å²) in [5.74, 6) is -1.83. The first-order chi connectivity index (χ1) is 24.7. The van der Waals surface area contributed by atoms with Gasteiger partial charge in [0.25, 0.3) is 15.7 Å². The zero-order valence-corrected chi connectivity index (χ0v) is 29.9. The summed E-state index contributed by atoms with van der Waals surface area (Å²) in [6.07, 6.45) is -1.56. The quantitative estimate of drug-likeness (QED) is 0.0627. The van der Waals surface area contributed by atoms with Crippen molar-refractivity contribution in [1.82, 2.24) is 9.62 Å². The smallest absolute Gasteiger partial charge is 0.408 e. The molecule has 0 spiro atoms. The van der Waals surface area contributed by atoms with E-state index >= 15 is 0 Å². The number of nitrogens with zero attached hydrogens (tertiary/aromatic N) is 2. The summed E-state index contributed by atoms with van der Waals surface area (Å²) in [6.45, 7) is 3.99. The molecule has 274 valence electrons. The Hall–Kier alpha value is -5.60. The normalized spacial score (nSPS) is 12.7. The maximum Gasteiger partial charge on any atom is 0.408 e. The number of nitrogens with one attached hydrogen (secondary N) is 1. The predicted octanol–water partition coefficient (Wildman–Crippen LogP) is 5.97. The summed E-state index contributed by atoms with van der Waals surface area (Å²) < 4.78 is 46.4. The summed E-state index contributed by atoms with van der Waals surface area (Å²) in [6, 6.07) is 27.9.